The molecule has 0 bridgehead atoms. The van der Waals surface area contributed by atoms with Crippen LogP contribution in [0.25, 0.3) is 10.8 Å². The van der Waals surface area contributed by atoms with Crippen LogP contribution in [0, 0.1) is 0 Å². The van der Waals surface area contributed by atoms with Crippen molar-refractivity contribution >= 4 is 16.7 Å². The average molecular weight is 241 g/mol. The molecule has 0 aliphatic carbocycles. The van der Waals surface area contributed by atoms with Gasteiger partial charge in [-0.05, 0) is 23.3 Å². The molecule has 1 aliphatic rings. The van der Waals surface area contributed by atoms with Crippen molar-refractivity contribution in [3.63, 3.8) is 0 Å². The van der Waals surface area contributed by atoms with E-state index in [1.165, 1.54) is 0 Å². The molecular formula is C15H15NO2. The van der Waals surface area contributed by atoms with E-state index in [1.54, 1.807) is 0 Å². The van der Waals surface area contributed by atoms with E-state index in [9.17, 15) is 4.79 Å². The van der Waals surface area contributed by atoms with Crippen LogP contribution >= 0.6 is 0 Å². The van der Waals surface area contributed by atoms with Crippen LogP contribution in [0.15, 0.2) is 36.4 Å². The molecule has 2 aromatic carbocycles. The standard InChI is InChI=1S/C15H15NO2/c1-2-11-9-16-15(17)14-12-6-4-3-5-10(12)7-8-13(14)18-11/h3-8,11H,2,9H2,1H3,(H,16,17)/t11-/m1/s1. The van der Waals surface area contributed by atoms with Crippen molar-refractivity contribution in [2.45, 2.75) is 19.4 Å². The largest absolute Gasteiger partial charge is 0.488 e. The van der Waals surface area contributed by atoms with E-state index in [4.69, 9.17) is 4.74 Å². The summed E-state index contributed by atoms with van der Waals surface area (Å²) in [6.45, 7) is 2.63. The molecule has 3 nitrogen and oxygen atoms in total. The van der Waals surface area contributed by atoms with Crippen molar-refractivity contribution in [3.05, 3.63) is 42.0 Å². The second-order valence-electron chi connectivity index (χ2n) is 4.52. The maximum Gasteiger partial charge on any atom is 0.255 e. The van der Waals surface area contributed by atoms with Crippen LogP contribution in [0.5, 0.6) is 5.75 Å². The van der Waals surface area contributed by atoms with Crippen molar-refractivity contribution in [2.75, 3.05) is 6.54 Å². The quantitative estimate of drug-likeness (QED) is 0.833. The molecule has 1 aliphatic heterocycles. The van der Waals surface area contributed by atoms with Crippen molar-refractivity contribution in [1.82, 2.24) is 5.32 Å². The third kappa shape index (κ3) is 1.72. The van der Waals surface area contributed by atoms with Gasteiger partial charge in [-0.1, -0.05) is 37.3 Å². The third-order valence-corrected chi connectivity index (χ3v) is 3.36. The normalized spacial score (nSPS) is 18.7. The van der Waals surface area contributed by atoms with E-state index in [-0.39, 0.29) is 12.0 Å². The van der Waals surface area contributed by atoms with Gasteiger partial charge in [0.2, 0.25) is 0 Å². The van der Waals surface area contributed by atoms with Gasteiger partial charge in [-0.25, -0.2) is 0 Å². The molecule has 0 spiro atoms. The number of hydrogen-bond acceptors (Lipinski definition) is 2. The number of hydrogen-bond donors (Lipinski definition) is 1. The molecule has 0 radical (unpaired) electrons. The molecule has 0 saturated carbocycles. The lowest BCUT2D eigenvalue weighted by atomic mass is 10.0. The average Bonchev–Trinajstić information content (AvgIpc) is 2.58. The molecular weight excluding hydrogens is 226 g/mol. The summed E-state index contributed by atoms with van der Waals surface area (Å²) in [7, 11) is 0. The molecule has 3 heteroatoms. The van der Waals surface area contributed by atoms with Gasteiger partial charge in [0.25, 0.3) is 5.91 Å². The molecule has 0 aromatic heterocycles. The van der Waals surface area contributed by atoms with Crippen molar-refractivity contribution in [2.24, 2.45) is 0 Å². The number of fused-ring (bicyclic) bond motifs is 3. The fourth-order valence-corrected chi connectivity index (χ4v) is 2.33. The summed E-state index contributed by atoms with van der Waals surface area (Å²) in [6, 6.07) is 11.8. The van der Waals surface area contributed by atoms with Crippen molar-refractivity contribution < 1.29 is 9.53 Å². The minimum atomic E-state index is -0.0437. The number of amides is 1. The van der Waals surface area contributed by atoms with Gasteiger partial charge in [-0.2, -0.15) is 0 Å². The smallest absolute Gasteiger partial charge is 0.255 e. The van der Waals surface area contributed by atoms with Crippen LogP contribution in [0.2, 0.25) is 0 Å². The van der Waals surface area contributed by atoms with Gasteiger partial charge in [0.1, 0.15) is 11.9 Å². The van der Waals surface area contributed by atoms with E-state index in [0.29, 0.717) is 17.9 Å². The molecule has 18 heavy (non-hydrogen) atoms. The Hall–Kier alpha value is -2.03. The van der Waals surface area contributed by atoms with Crippen LogP contribution in [0.1, 0.15) is 23.7 Å². The van der Waals surface area contributed by atoms with Gasteiger partial charge in [0.15, 0.2) is 0 Å². The zero-order valence-electron chi connectivity index (χ0n) is 10.3. The molecule has 0 saturated heterocycles. The van der Waals surface area contributed by atoms with Gasteiger partial charge in [0, 0.05) is 0 Å². The second-order valence-corrected chi connectivity index (χ2v) is 4.52. The number of carbonyl (C=O) groups excluding carboxylic acids is 1. The van der Waals surface area contributed by atoms with Crippen LogP contribution in [-0.4, -0.2) is 18.6 Å². The number of nitrogens with one attached hydrogen (secondary N) is 1. The Labute approximate surface area is 106 Å². The molecule has 1 N–H and O–H groups in total. The first kappa shape index (κ1) is 11.1. The van der Waals surface area contributed by atoms with E-state index >= 15 is 0 Å². The number of rotatable bonds is 1. The highest BCUT2D eigenvalue weighted by molar-refractivity contribution is 6.09. The summed E-state index contributed by atoms with van der Waals surface area (Å²) in [4.78, 5) is 12.2. The van der Waals surface area contributed by atoms with Gasteiger partial charge >= 0.3 is 0 Å². The van der Waals surface area contributed by atoms with E-state index < -0.39 is 0 Å². The second kappa shape index (κ2) is 4.33. The van der Waals surface area contributed by atoms with Crippen LogP contribution in [0.3, 0.4) is 0 Å². The highest BCUT2D eigenvalue weighted by Gasteiger charge is 2.23. The van der Waals surface area contributed by atoms with Gasteiger partial charge < -0.3 is 10.1 Å². The molecule has 3 rings (SSSR count). The van der Waals surface area contributed by atoms with Crippen LogP contribution in [0.4, 0.5) is 0 Å². The zero-order chi connectivity index (χ0) is 12.5. The summed E-state index contributed by atoms with van der Waals surface area (Å²) >= 11 is 0. The Morgan fingerprint density at radius 3 is 2.94 bits per heavy atom. The first-order valence-electron chi connectivity index (χ1n) is 6.26. The van der Waals surface area contributed by atoms with E-state index in [2.05, 4.69) is 12.2 Å². The predicted molar refractivity (Wildman–Crippen MR) is 71.0 cm³/mol. The van der Waals surface area contributed by atoms with E-state index in [0.717, 1.165) is 17.2 Å². The zero-order valence-corrected chi connectivity index (χ0v) is 10.3. The molecule has 1 atom stereocenters. The Bertz CT molecular complexity index is 606. The third-order valence-electron chi connectivity index (χ3n) is 3.36. The first-order chi connectivity index (χ1) is 8.79. The van der Waals surface area contributed by atoms with Gasteiger partial charge in [-0.3, -0.25) is 4.79 Å². The topological polar surface area (TPSA) is 38.3 Å². The maximum absolute atomic E-state index is 12.2. The number of carbonyl (C=O) groups is 1. The molecule has 1 heterocycles. The maximum atomic E-state index is 12.2. The summed E-state index contributed by atoms with van der Waals surface area (Å²) in [5, 5.41) is 4.94. The lowest BCUT2D eigenvalue weighted by Crippen LogP contribution is -2.31. The fourth-order valence-electron chi connectivity index (χ4n) is 2.33. The fraction of sp³-hybridized carbons (Fsp3) is 0.267. The molecule has 0 fully saturated rings. The number of ether oxygens (including phenoxy) is 1. The number of benzene rings is 2. The van der Waals surface area contributed by atoms with Crippen LogP contribution < -0.4 is 10.1 Å². The molecule has 0 unspecified atom stereocenters. The highest BCUT2D eigenvalue weighted by Crippen LogP contribution is 2.30. The monoisotopic (exact) mass is 241 g/mol. The Kier molecular flexibility index (Phi) is 2.67. The first-order valence-corrected chi connectivity index (χ1v) is 6.26. The lowest BCUT2D eigenvalue weighted by molar-refractivity contribution is 0.0952. The van der Waals surface area contributed by atoms with Gasteiger partial charge in [0.05, 0.1) is 12.1 Å². The molecule has 2 aromatic rings. The van der Waals surface area contributed by atoms with Gasteiger partial charge in [-0.15, -0.1) is 0 Å². The van der Waals surface area contributed by atoms with Crippen molar-refractivity contribution in [1.29, 1.82) is 0 Å². The van der Waals surface area contributed by atoms with Crippen LogP contribution in [-0.2, 0) is 0 Å². The minimum absolute atomic E-state index is 0.0437. The Morgan fingerprint density at radius 1 is 1.28 bits per heavy atom. The minimum Gasteiger partial charge on any atom is -0.488 e. The summed E-state index contributed by atoms with van der Waals surface area (Å²) in [6.07, 6.45) is 0.934. The summed E-state index contributed by atoms with van der Waals surface area (Å²) in [5.74, 6) is 0.647. The van der Waals surface area contributed by atoms with E-state index in [1.807, 2.05) is 36.4 Å². The molecule has 92 valence electrons. The lowest BCUT2D eigenvalue weighted by Gasteiger charge is -2.14. The highest BCUT2D eigenvalue weighted by atomic mass is 16.5. The molecule has 1 amide bonds. The Morgan fingerprint density at radius 2 is 2.11 bits per heavy atom. The summed E-state index contributed by atoms with van der Waals surface area (Å²) < 4.78 is 5.90. The predicted octanol–water partition coefficient (Wildman–Crippen LogP) is 2.74. The SMILES string of the molecule is CC[C@@H]1CNC(=O)c2c(ccc3ccccc23)O1. The van der Waals surface area contributed by atoms with Crippen molar-refractivity contribution in [3.8, 4) is 5.75 Å². The Balaban J connectivity index is 2.22. The summed E-state index contributed by atoms with van der Waals surface area (Å²) in [5.41, 5.74) is 0.657.